The summed E-state index contributed by atoms with van der Waals surface area (Å²) in [4.78, 5) is 11.1. The smallest absolute Gasteiger partial charge is 0.308 e. The van der Waals surface area contributed by atoms with Crippen molar-refractivity contribution in [2.24, 2.45) is 0 Å². The van der Waals surface area contributed by atoms with Crippen LogP contribution in [0.4, 0.5) is 0 Å². The van der Waals surface area contributed by atoms with E-state index in [1.54, 1.807) is 0 Å². The SMILES string of the molecule is COC(=O)C[C@H](O)c1c(C)nn(C(C)C)c1C. The van der Waals surface area contributed by atoms with E-state index in [9.17, 15) is 9.90 Å². The van der Waals surface area contributed by atoms with Crippen LogP contribution in [0, 0.1) is 13.8 Å². The van der Waals surface area contributed by atoms with Crippen molar-refractivity contribution in [1.82, 2.24) is 9.78 Å². The number of methoxy groups -OCH3 is 1. The van der Waals surface area contributed by atoms with Crippen molar-refractivity contribution in [2.45, 2.75) is 46.3 Å². The Kier molecular flexibility index (Phi) is 4.28. The van der Waals surface area contributed by atoms with Crippen molar-refractivity contribution in [1.29, 1.82) is 0 Å². The van der Waals surface area contributed by atoms with Crippen molar-refractivity contribution in [2.75, 3.05) is 7.11 Å². The number of carbonyl (C=O) groups excluding carboxylic acids is 1. The maximum absolute atomic E-state index is 11.1. The Balaban J connectivity index is 3.01. The maximum atomic E-state index is 11.1. The first-order valence-corrected chi connectivity index (χ1v) is 5.69. The number of aliphatic hydroxyl groups excluding tert-OH is 1. The third-order valence-electron chi connectivity index (χ3n) is 2.79. The largest absolute Gasteiger partial charge is 0.469 e. The Morgan fingerprint density at radius 2 is 2.06 bits per heavy atom. The first-order valence-electron chi connectivity index (χ1n) is 5.69. The van der Waals surface area contributed by atoms with Crippen LogP contribution in [-0.2, 0) is 9.53 Å². The number of aryl methyl sites for hydroxylation is 1. The molecular formula is C12H20N2O3. The molecule has 1 atom stereocenters. The number of rotatable bonds is 4. The maximum Gasteiger partial charge on any atom is 0.308 e. The molecule has 5 nitrogen and oxygen atoms in total. The number of ether oxygens (including phenoxy) is 1. The molecule has 0 saturated heterocycles. The fourth-order valence-corrected chi connectivity index (χ4v) is 2.00. The number of aliphatic hydroxyl groups is 1. The van der Waals surface area contributed by atoms with Gasteiger partial charge >= 0.3 is 5.97 Å². The number of carbonyl (C=O) groups is 1. The normalized spacial score (nSPS) is 12.9. The van der Waals surface area contributed by atoms with E-state index < -0.39 is 12.1 Å². The van der Waals surface area contributed by atoms with E-state index in [0.717, 1.165) is 17.0 Å². The monoisotopic (exact) mass is 240 g/mol. The summed E-state index contributed by atoms with van der Waals surface area (Å²) in [5.41, 5.74) is 2.38. The Morgan fingerprint density at radius 1 is 1.47 bits per heavy atom. The van der Waals surface area contributed by atoms with Gasteiger partial charge in [-0.3, -0.25) is 9.48 Å². The molecule has 17 heavy (non-hydrogen) atoms. The van der Waals surface area contributed by atoms with E-state index in [1.165, 1.54) is 7.11 Å². The zero-order valence-corrected chi connectivity index (χ0v) is 11.0. The fraction of sp³-hybridized carbons (Fsp3) is 0.667. The van der Waals surface area contributed by atoms with Crippen LogP contribution in [0.2, 0.25) is 0 Å². The lowest BCUT2D eigenvalue weighted by molar-refractivity contribution is -0.142. The fourth-order valence-electron chi connectivity index (χ4n) is 2.00. The van der Waals surface area contributed by atoms with Crippen molar-refractivity contribution in [3.63, 3.8) is 0 Å². The predicted molar refractivity (Wildman–Crippen MR) is 63.7 cm³/mol. The van der Waals surface area contributed by atoms with Gasteiger partial charge in [0.05, 0.1) is 25.3 Å². The number of hydrogen-bond donors (Lipinski definition) is 1. The van der Waals surface area contributed by atoms with E-state index in [-0.39, 0.29) is 12.5 Å². The Labute approximate surface area is 101 Å². The lowest BCUT2D eigenvalue weighted by Crippen LogP contribution is -2.10. The van der Waals surface area contributed by atoms with E-state index >= 15 is 0 Å². The van der Waals surface area contributed by atoms with Gasteiger partial charge in [0.2, 0.25) is 0 Å². The van der Waals surface area contributed by atoms with Crippen LogP contribution >= 0.6 is 0 Å². The molecule has 96 valence electrons. The van der Waals surface area contributed by atoms with Gasteiger partial charge in [0.25, 0.3) is 0 Å². The zero-order chi connectivity index (χ0) is 13.2. The van der Waals surface area contributed by atoms with Crippen LogP contribution in [0.3, 0.4) is 0 Å². The quantitative estimate of drug-likeness (QED) is 0.813. The highest BCUT2D eigenvalue weighted by molar-refractivity contribution is 5.70. The molecule has 1 aromatic heterocycles. The molecule has 1 heterocycles. The number of aromatic nitrogens is 2. The first kappa shape index (κ1) is 13.7. The summed E-state index contributed by atoms with van der Waals surface area (Å²) < 4.78 is 6.40. The van der Waals surface area contributed by atoms with Crippen LogP contribution in [0.15, 0.2) is 0 Å². The summed E-state index contributed by atoms with van der Waals surface area (Å²) in [6.45, 7) is 7.78. The highest BCUT2D eigenvalue weighted by Crippen LogP contribution is 2.26. The van der Waals surface area contributed by atoms with Crippen molar-refractivity contribution < 1.29 is 14.6 Å². The minimum absolute atomic E-state index is 0.0397. The van der Waals surface area contributed by atoms with Crippen LogP contribution in [-0.4, -0.2) is 28.0 Å². The molecule has 0 fully saturated rings. The molecule has 0 amide bonds. The highest BCUT2D eigenvalue weighted by Gasteiger charge is 2.22. The third kappa shape index (κ3) is 2.85. The van der Waals surface area contributed by atoms with Gasteiger partial charge in [-0.05, 0) is 27.7 Å². The van der Waals surface area contributed by atoms with E-state index in [0.29, 0.717) is 0 Å². The molecule has 1 aromatic rings. The Morgan fingerprint density at radius 3 is 2.47 bits per heavy atom. The average molecular weight is 240 g/mol. The highest BCUT2D eigenvalue weighted by atomic mass is 16.5. The molecule has 0 aliphatic rings. The van der Waals surface area contributed by atoms with Gasteiger partial charge in [0.15, 0.2) is 0 Å². The summed E-state index contributed by atoms with van der Waals surface area (Å²) in [5.74, 6) is -0.423. The Bertz CT molecular complexity index is 410. The molecular weight excluding hydrogens is 220 g/mol. The van der Waals surface area contributed by atoms with Crippen LogP contribution in [0.1, 0.15) is 49.4 Å². The molecule has 0 unspecified atom stereocenters. The van der Waals surface area contributed by atoms with E-state index in [4.69, 9.17) is 0 Å². The second kappa shape index (κ2) is 5.31. The lowest BCUT2D eigenvalue weighted by Gasteiger charge is -2.12. The number of hydrogen-bond acceptors (Lipinski definition) is 4. The molecule has 0 aromatic carbocycles. The molecule has 0 aliphatic carbocycles. The van der Waals surface area contributed by atoms with E-state index in [1.807, 2.05) is 32.4 Å². The van der Waals surface area contributed by atoms with Gasteiger partial charge < -0.3 is 9.84 Å². The van der Waals surface area contributed by atoms with Gasteiger partial charge in [-0.1, -0.05) is 0 Å². The third-order valence-corrected chi connectivity index (χ3v) is 2.79. The summed E-state index contributed by atoms with van der Waals surface area (Å²) in [6.07, 6.45) is -0.892. The second-order valence-electron chi connectivity index (χ2n) is 4.42. The van der Waals surface area contributed by atoms with Crippen molar-refractivity contribution in [3.05, 3.63) is 17.0 Å². The predicted octanol–water partition coefficient (Wildman–Crippen LogP) is 1.68. The van der Waals surface area contributed by atoms with Crippen LogP contribution < -0.4 is 0 Å². The molecule has 5 heteroatoms. The van der Waals surface area contributed by atoms with Gasteiger partial charge in [0, 0.05) is 17.3 Å². The van der Waals surface area contributed by atoms with Gasteiger partial charge in [-0.2, -0.15) is 5.10 Å². The Hall–Kier alpha value is -1.36. The summed E-state index contributed by atoms with van der Waals surface area (Å²) in [6, 6.07) is 0.229. The first-order chi connectivity index (χ1) is 7.88. The van der Waals surface area contributed by atoms with Gasteiger partial charge in [0.1, 0.15) is 0 Å². The molecule has 0 saturated carbocycles. The van der Waals surface area contributed by atoms with Crippen LogP contribution in [0.5, 0.6) is 0 Å². The lowest BCUT2D eigenvalue weighted by atomic mass is 10.0. The molecule has 0 aliphatic heterocycles. The minimum Gasteiger partial charge on any atom is -0.469 e. The summed E-state index contributed by atoms with van der Waals surface area (Å²) in [7, 11) is 1.31. The molecule has 1 rings (SSSR count). The van der Waals surface area contributed by atoms with Gasteiger partial charge in [-0.15, -0.1) is 0 Å². The topological polar surface area (TPSA) is 64.3 Å². The zero-order valence-electron chi connectivity index (χ0n) is 11.0. The number of nitrogens with zero attached hydrogens (tertiary/aromatic N) is 2. The molecule has 0 bridgehead atoms. The summed E-state index contributed by atoms with van der Waals surface area (Å²) >= 11 is 0. The standard InChI is InChI=1S/C12H20N2O3/c1-7(2)14-9(4)12(8(3)13-14)10(15)6-11(16)17-5/h7,10,15H,6H2,1-5H3/t10-/m0/s1. The van der Waals surface area contributed by atoms with Crippen molar-refractivity contribution >= 4 is 5.97 Å². The van der Waals surface area contributed by atoms with E-state index in [2.05, 4.69) is 9.84 Å². The molecule has 1 N–H and O–H groups in total. The second-order valence-corrected chi connectivity index (χ2v) is 4.42. The molecule has 0 spiro atoms. The minimum atomic E-state index is -0.852. The van der Waals surface area contributed by atoms with Gasteiger partial charge in [-0.25, -0.2) is 0 Å². The average Bonchev–Trinajstić information content (AvgIpc) is 2.54. The van der Waals surface area contributed by atoms with Crippen LogP contribution in [0.25, 0.3) is 0 Å². The van der Waals surface area contributed by atoms with Crippen molar-refractivity contribution in [3.8, 4) is 0 Å². The summed E-state index contributed by atoms with van der Waals surface area (Å²) in [5, 5.41) is 14.4. The number of esters is 1. The molecule has 0 radical (unpaired) electrons.